The minimum atomic E-state index is 0. The van der Waals surface area contributed by atoms with E-state index in [9.17, 15) is 0 Å². The molecule has 4 heteroatoms. The molecule has 0 atom stereocenters. The van der Waals surface area contributed by atoms with Crippen molar-refractivity contribution in [2.75, 3.05) is 0 Å². The second-order valence-electron chi connectivity index (χ2n) is 0. The molecule has 0 aromatic heterocycles. The van der Waals surface area contributed by atoms with Crippen molar-refractivity contribution in [3.05, 3.63) is 0 Å². The van der Waals surface area contributed by atoms with Crippen LogP contribution in [-0.4, -0.2) is 27.3 Å². The zero-order valence-electron chi connectivity index (χ0n) is 1.60. The topological polar surface area (TPSA) is 17.1 Å². The average molecular weight is 516 g/mol. The van der Waals surface area contributed by atoms with E-state index in [1.807, 2.05) is 0 Å². The molecule has 0 aliphatic carbocycles. The Hall–Kier alpha value is 1.99. The Morgan fingerprint density at radius 1 is 1.25 bits per heavy atom. The molecule has 0 amide bonds. The normalized spacial score (nSPS) is 1.25. The summed E-state index contributed by atoms with van der Waals surface area (Å²) in [5.74, 6) is 0. The minimum absolute atomic E-state index is 0. The van der Waals surface area contributed by atoms with Gasteiger partial charge in [0, 0.05) is 46.8 Å². The van der Waals surface area contributed by atoms with Crippen LogP contribution in [0.3, 0.4) is 0 Å². The molecule has 27 valence electrons. The number of rotatable bonds is 0. The van der Waals surface area contributed by atoms with Crippen molar-refractivity contribution in [3.8, 4) is 0 Å². The molecule has 0 fully saturated rings. The average Bonchev–Trinajstić information content (AvgIpc) is 1.00. The molecule has 0 N–H and O–H groups in total. The fourth-order valence-corrected chi connectivity index (χ4v) is 0. The molecular weight excluding hydrogens is 516 g/mol. The minimum Gasteiger partial charge on any atom is 0 e. The van der Waals surface area contributed by atoms with Crippen molar-refractivity contribution in [1.29, 1.82) is 0 Å². The molecular formula is IrOPbRu. The van der Waals surface area contributed by atoms with Gasteiger partial charge in [-0.3, -0.25) is 0 Å². The van der Waals surface area contributed by atoms with Gasteiger partial charge in [-0.2, -0.15) is 0 Å². The van der Waals surface area contributed by atoms with Crippen LogP contribution < -0.4 is 0 Å². The van der Waals surface area contributed by atoms with E-state index in [0.717, 1.165) is 18.9 Å². The Balaban J connectivity index is -0.00000000500. The van der Waals surface area contributed by atoms with Gasteiger partial charge in [-0.1, -0.05) is 0 Å². The van der Waals surface area contributed by atoms with Gasteiger partial charge in [-0.05, 0) is 0 Å². The summed E-state index contributed by atoms with van der Waals surface area (Å²) in [7, 11) is 0. The van der Waals surface area contributed by atoms with Gasteiger partial charge in [0.15, 0.2) is 0 Å². The fourth-order valence-electron chi connectivity index (χ4n) is 0. The predicted octanol–water partition coefficient (Wildman–Crippen LogP) is -0.505. The molecule has 0 unspecified atom stereocenters. The first-order valence-corrected chi connectivity index (χ1v) is 1.11. The van der Waals surface area contributed by atoms with E-state index in [1.165, 1.54) is 0 Å². The second kappa shape index (κ2) is 20.0. The summed E-state index contributed by atoms with van der Waals surface area (Å²) in [4.78, 5) is 0. The van der Waals surface area contributed by atoms with Gasteiger partial charge in [-0.25, -0.2) is 0 Å². The molecule has 0 bridgehead atoms. The molecule has 0 saturated heterocycles. The summed E-state index contributed by atoms with van der Waals surface area (Å²) in [5.41, 5.74) is 0. The molecule has 4 radical (unpaired) electrons. The van der Waals surface area contributed by atoms with Gasteiger partial charge in [0.1, 0.15) is 0 Å². The van der Waals surface area contributed by atoms with Gasteiger partial charge in [0.25, 0.3) is 0 Å². The molecule has 0 saturated carbocycles. The van der Waals surface area contributed by atoms with Crippen molar-refractivity contribution in [1.82, 2.24) is 0 Å². The maximum absolute atomic E-state index is 8.25. The summed E-state index contributed by atoms with van der Waals surface area (Å²) in [6.45, 7) is 0. The van der Waals surface area contributed by atoms with Crippen molar-refractivity contribution in [2.45, 2.75) is 0 Å². The van der Waals surface area contributed by atoms with Crippen LogP contribution >= 0.6 is 0 Å². The van der Waals surface area contributed by atoms with Gasteiger partial charge < -0.3 is 0 Å². The monoisotopic (exact) mass is 519 g/mol. The van der Waals surface area contributed by atoms with E-state index in [4.69, 9.17) is 3.50 Å². The third kappa shape index (κ3) is 9.00. The number of hydrogen-bond donors (Lipinski definition) is 0. The van der Waals surface area contributed by atoms with E-state index >= 15 is 0 Å². The van der Waals surface area contributed by atoms with Crippen LogP contribution in [0.1, 0.15) is 0 Å². The maximum atomic E-state index is 8.25. The van der Waals surface area contributed by atoms with E-state index in [-0.39, 0.29) is 46.8 Å². The van der Waals surface area contributed by atoms with Crippen LogP contribution in [0.2, 0.25) is 0 Å². The van der Waals surface area contributed by atoms with Gasteiger partial charge in [0.05, 0.1) is 0 Å². The third-order valence-electron chi connectivity index (χ3n) is 0. The zero-order chi connectivity index (χ0) is 2.00. The first-order valence-electron chi connectivity index (χ1n) is 0.136. The molecule has 0 spiro atoms. The van der Waals surface area contributed by atoms with E-state index in [1.54, 1.807) is 0 Å². The molecule has 0 aromatic rings. The molecule has 4 heavy (non-hydrogen) atoms. The third-order valence-corrected chi connectivity index (χ3v) is 0. The van der Waals surface area contributed by atoms with Crippen LogP contribution in [0, 0.1) is 0 Å². The molecule has 1 nitrogen and oxygen atoms in total. The van der Waals surface area contributed by atoms with Gasteiger partial charge in [0.2, 0.25) is 0 Å². The summed E-state index contributed by atoms with van der Waals surface area (Å²) >= 11 is 0.750. The Labute approximate surface area is 68.3 Å². The Morgan fingerprint density at radius 3 is 1.25 bits per heavy atom. The quantitative estimate of drug-likeness (QED) is 0.397. The molecule has 0 aliphatic rings. The standard InChI is InChI=1S/Ir.O.Pb.Ru. The smallest absolute Gasteiger partial charge is 0 e. The zero-order valence-corrected chi connectivity index (χ0v) is 9.62. The van der Waals surface area contributed by atoms with Crippen LogP contribution in [0.15, 0.2) is 0 Å². The Morgan fingerprint density at radius 2 is 1.25 bits per heavy atom. The summed E-state index contributed by atoms with van der Waals surface area (Å²) in [6.07, 6.45) is 0. The van der Waals surface area contributed by atoms with Crippen LogP contribution in [0.5, 0.6) is 0 Å². The number of hydrogen-bond acceptors (Lipinski definition) is 1. The largest absolute Gasteiger partial charge is 0 e. The Bertz CT molecular complexity index is 8.00. The SMILES string of the molecule is [O]=[Ir].[Pb].[Ru]. The fraction of sp³-hybridized carbons (Fsp3) is 0. The van der Waals surface area contributed by atoms with Crippen LogP contribution in [0.25, 0.3) is 0 Å². The summed E-state index contributed by atoms with van der Waals surface area (Å²) < 4.78 is 8.25. The second-order valence-corrected chi connectivity index (χ2v) is 0. The summed E-state index contributed by atoms with van der Waals surface area (Å²) in [6, 6.07) is 0. The maximum Gasteiger partial charge on any atom is 0 e. The van der Waals surface area contributed by atoms with Crippen molar-refractivity contribution in [3.63, 3.8) is 0 Å². The van der Waals surface area contributed by atoms with Crippen molar-refractivity contribution < 1.29 is 41.8 Å². The van der Waals surface area contributed by atoms with Gasteiger partial charge >= 0.3 is 22.4 Å². The molecule has 0 aliphatic heterocycles. The molecule has 0 rings (SSSR count). The first kappa shape index (κ1) is 16.7. The van der Waals surface area contributed by atoms with Crippen LogP contribution in [0.4, 0.5) is 0 Å². The van der Waals surface area contributed by atoms with E-state index in [0.29, 0.717) is 0 Å². The summed E-state index contributed by atoms with van der Waals surface area (Å²) in [5, 5.41) is 0. The molecule has 0 aromatic carbocycles. The van der Waals surface area contributed by atoms with Gasteiger partial charge in [-0.15, -0.1) is 0 Å². The predicted molar refractivity (Wildman–Crippen MR) is 6.44 cm³/mol. The van der Waals surface area contributed by atoms with Crippen LogP contribution in [-0.2, 0) is 41.8 Å². The van der Waals surface area contributed by atoms with Crippen molar-refractivity contribution >= 4 is 27.3 Å². The Kier molecular flexibility index (Phi) is 83.5. The van der Waals surface area contributed by atoms with E-state index < -0.39 is 0 Å². The van der Waals surface area contributed by atoms with E-state index in [2.05, 4.69) is 0 Å². The van der Waals surface area contributed by atoms with Crippen molar-refractivity contribution in [2.24, 2.45) is 0 Å². The first-order chi connectivity index (χ1) is 1.00. The molecule has 0 heterocycles.